The number of rotatable bonds is 7. The Morgan fingerprint density at radius 2 is 2.06 bits per heavy atom. The lowest BCUT2D eigenvalue weighted by Crippen LogP contribution is -2.43. The summed E-state index contributed by atoms with van der Waals surface area (Å²) in [6.45, 7) is 7.72. The summed E-state index contributed by atoms with van der Waals surface area (Å²) in [6, 6.07) is 0. The zero-order valence-electron chi connectivity index (χ0n) is 11.1. The van der Waals surface area contributed by atoms with Gasteiger partial charge in [-0.15, -0.1) is 0 Å². The smallest absolute Gasteiger partial charge is 0.0791 e. The Bertz CT molecular complexity index is 216. The van der Waals surface area contributed by atoms with E-state index < -0.39 is 0 Å². The number of nitrogens with zero attached hydrogens (tertiary/aromatic N) is 1. The third-order valence-corrected chi connectivity index (χ3v) is 3.71. The van der Waals surface area contributed by atoms with Gasteiger partial charge in [0.15, 0.2) is 0 Å². The third-order valence-electron chi connectivity index (χ3n) is 3.71. The van der Waals surface area contributed by atoms with Crippen molar-refractivity contribution in [1.82, 2.24) is 10.2 Å². The lowest BCUT2D eigenvalue weighted by molar-refractivity contribution is 0.0149. The van der Waals surface area contributed by atoms with Gasteiger partial charge >= 0.3 is 0 Å². The van der Waals surface area contributed by atoms with Crippen LogP contribution in [0.4, 0.5) is 0 Å². The van der Waals surface area contributed by atoms with Crippen molar-refractivity contribution in [3.05, 3.63) is 0 Å². The summed E-state index contributed by atoms with van der Waals surface area (Å²) in [7, 11) is 0. The monoisotopic (exact) mass is 258 g/mol. The first-order valence-corrected chi connectivity index (χ1v) is 7.11. The minimum atomic E-state index is -0.275. The van der Waals surface area contributed by atoms with Gasteiger partial charge in [0.2, 0.25) is 0 Å². The fourth-order valence-electron chi connectivity index (χ4n) is 2.53. The van der Waals surface area contributed by atoms with Crippen LogP contribution in [0.5, 0.6) is 0 Å². The first-order valence-electron chi connectivity index (χ1n) is 7.11. The minimum Gasteiger partial charge on any atom is -0.390 e. The summed E-state index contributed by atoms with van der Waals surface area (Å²) >= 11 is 0. The van der Waals surface area contributed by atoms with Crippen molar-refractivity contribution in [2.24, 2.45) is 5.92 Å². The molecule has 2 saturated heterocycles. The molecule has 0 bridgehead atoms. The highest BCUT2D eigenvalue weighted by molar-refractivity contribution is 4.70. The maximum absolute atomic E-state index is 9.92. The highest BCUT2D eigenvalue weighted by Crippen LogP contribution is 2.15. The summed E-state index contributed by atoms with van der Waals surface area (Å²) in [5.41, 5.74) is 0. The van der Waals surface area contributed by atoms with Gasteiger partial charge in [-0.1, -0.05) is 0 Å². The predicted octanol–water partition coefficient (Wildman–Crippen LogP) is -0.304. The molecule has 0 spiro atoms. The van der Waals surface area contributed by atoms with E-state index in [1.54, 1.807) is 0 Å². The topological polar surface area (TPSA) is 54.0 Å². The van der Waals surface area contributed by atoms with Crippen LogP contribution in [0, 0.1) is 5.92 Å². The second-order valence-corrected chi connectivity index (χ2v) is 5.29. The molecule has 0 radical (unpaired) electrons. The van der Waals surface area contributed by atoms with Gasteiger partial charge in [-0.3, -0.25) is 4.90 Å². The normalized spacial score (nSPS) is 27.5. The Hall–Kier alpha value is -0.200. The molecule has 0 saturated carbocycles. The molecule has 5 heteroatoms. The van der Waals surface area contributed by atoms with E-state index in [4.69, 9.17) is 9.47 Å². The van der Waals surface area contributed by atoms with Crippen LogP contribution in [0.15, 0.2) is 0 Å². The van der Waals surface area contributed by atoms with Crippen molar-refractivity contribution in [3.63, 3.8) is 0 Å². The van der Waals surface area contributed by atoms with Crippen molar-refractivity contribution in [3.8, 4) is 0 Å². The van der Waals surface area contributed by atoms with Gasteiger partial charge in [-0.25, -0.2) is 0 Å². The Kier molecular flexibility index (Phi) is 6.37. The fourth-order valence-corrected chi connectivity index (χ4v) is 2.53. The summed E-state index contributed by atoms with van der Waals surface area (Å²) < 4.78 is 10.6. The largest absolute Gasteiger partial charge is 0.390 e. The van der Waals surface area contributed by atoms with Gasteiger partial charge in [0.25, 0.3) is 0 Å². The standard InChI is InChI=1S/C13H26N2O3/c16-13(10-15-4-7-17-8-5-15)9-14-3-1-12-2-6-18-11-12/h12-14,16H,1-11H2. The van der Waals surface area contributed by atoms with E-state index in [1.807, 2.05) is 0 Å². The van der Waals surface area contributed by atoms with Crippen LogP contribution in [0.25, 0.3) is 0 Å². The molecule has 2 aliphatic heterocycles. The zero-order chi connectivity index (χ0) is 12.6. The second-order valence-electron chi connectivity index (χ2n) is 5.29. The van der Waals surface area contributed by atoms with E-state index in [0.29, 0.717) is 12.5 Å². The maximum atomic E-state index is 9.92. The predicted molar refractivity (Wildman–Crippen MR) is 69.7 cm³/mol. The summed E-state index contributed by atoms with van der Waals surface area (Å²) in [6.07, 6.45) is 2.07. The molecule has 106 valence electrons. The molecular weight excluding hydrogens is 232 g/mol. The van der Waals surface area contributed by atoms with Crippen LogP contribution in [-0.2, 0) is 9.47 Å². The van der Waals surface area contributed by atoms with Gasteiger partial charge in [0.05, 0.1) is 19.3 Å². The zero-order valence-corrected chi connectivity index (χ0v) is 11.1. The first kappa shape index (κ1) is 14.2. The molecule has 2 atom stereocenters. The highest BCUT2D eigenvalue weighted by Gasteiger charge is 2.16. The van der Waals surface area contributed by atoms with Crippen LogP contribution in [0.2, 0.25) is 0 Å². The van der Waals surface area contributed by atoms with Crippen LogP contribution in [0.3, 0.4) is 0 Å². The molecule has 0 amide bonds. The van der Waals surface area contributed by atoms with Gasteiger partial charge in [-0.05, 0) is 25.3 Å². The molecule has 5 nitrogen and oxygen atoms in total. The number of aliphatic hydroxyl groups excluding tert-OH is 1. The molecule has 18 heavy (non-hydrogen) atoms. The molecule has 0 aliphatic carbocycles. The molecule has 0 aromatic carbocycles. The minimum absolute atomic E-state index is 0.275. The van der Waals surface area contributed by atoms with E-state index >= 15 is 0 Å². The van der Waals surface area contributed by atoms with Crippen LogP contribution in [-0.4, -0.2) is 75.3 Å². The van der Waals surface area contributed by atoms with Crippen LogP contribution >= 0.6 is 0 Å². The lowest BCUT2D eigenvalue weighted by Gasteiger charge is -2.28. The number of morpholine rings is 1. The Labute approximate surface area is 109 Å². The highest BCUT2D eigenvalue weighted by atomic mass is 16.5. The molecule has 2 unspecified atom stereocenters. The maximum Gasteiger partial charge on any atom is 0.0791 e. The Morgan fingerprint density at radius 1 is 1.22 bits per heavy atom. The molecule has 2 rings (SSSR count). The number of nitrogens with one attached hydrogen (secondary N) is 1. The molecule has 2 heterocycles. The van der Waals surface area contributed by atoms with E-state index in [0.717, 1.165) is 59.0 Å². The quantitative estimate of drug-likeness (QED) is 0.614. The molecular formula is C13H26N2O3. The van der Waals surface area contributed by atoms with Crippen molar-refractivity contribution >= 4 is 0 Å². The van der Waals surface area contributed by atoms with Gasteiger partial charge in [0.1, 0.15) is 0 Å². The molecule has 2 aliphatic rings. The first-order chi connectivity index (χ1) is 8.84. The average Bonchev–Trinajstić information content (AvgIpc) is 2.89. The van der Waals surface area contributed by atoms with E-state index in [-0.39, 0.29) is 6.10 Å². The fraction of sp³-hybridized carbons (Fsp3) is 1.00. The van der Waals surface area contributed by atoms with Crippen LogP contribution < -0.4 is 5.32 Å². The van der Waals surface area contributed by atoms with E-state index in [2.05, 4.69) is 10.2 Å². The summed E-state index contributed by atoms with van der Waals surface area (Å²) in [5.74, 6) is 0.717. The second kappa shape index (κ2) is 8.07. The summed E-state index contributed by atoms with van der Waals surface area (Å²) in [4.78, 5) is 2.26. The Morgan fingerprint density at radius 3 is 2.78 bits per heavy atom. The van der Waals surface area contributed by atoms with Crippen molar-refractivity contribution < 1.29 is 14.6 Å². The van der Waals surface area contributed by atoms with Gasteiger partial charge < -0.3 is 19.9 Å². The van der Waals surface area contributed by atoms with Crippen molar-refractivity contribution in [2.75, 3.05) is 59.2 Å². The van der Waals surface area contributed by atoms with Crippen molar-refractivity contribution in [1.29, 1.82) is 0 Å². The SMILES string of the molecule is OC(CNCCC1CCOC1)CN1CCOCC1. The summed E-state index contributed by atoms with van der Waals surface area (Å²) in [5, 5.41) is 13.3. The van der Waals surface area contributed by atoms with Crippen molar-refractivity contribution in [2.45, 2.75) is 18.9 Å². The molecule has 0 aromatic rings. The van der Waals surface area contributed by atoms with Gasteiger partial charge in [-0.2, -0.15) is 0 Å². The lowest BCUT2D eigenvalue weighted by atomic mass is 10.1. The van der Waals surface area contributed by atoms with E-state index in [9.17, 15) is 5.11 Å². The Balaban J connectivity index is 1.47. The third kappa shape index (κ3) is 5.20. The number of aliphatic hydroxyl groups is 1. The number of ether oxygens (including phenoxy) is 2. The van der Waals surface area contributed by atoms with Crippen LogP contribution in [0.1, 0.15) is 12.8 Å². The average molecular weight is 258 g/mol. The number of β-amino-alcohol motifs (C(OH)–C–C–N with tert-alkyl or cyclic N) is 1. The molecule has 2 fully saturated rings. The molecule has 0 aromatic heterocycles. The number of hydrogen-bond donors (Lipinski definition) is 2. The van der Waals surface area contributed by atoms with E-state index in [1.165, 1.54) is 6.42 Å². The number of hydrogen-bond acceptors (Lipinski definition) is 5. The van der Waals surface area contributed by atoms with Gasteiger partial charge in [0, 0.05) is 39.4 Å². The molecule has 2 N–H and O–H groups in total.